The number of hydrogen-bond acceptors (Lipinski definition) is 7. The molecular formula is C11H11N3O6S. The van der Waals surface area contributed by atoms with Crippen LogP contribution < -0.4 is 0 Å². The third kappa shape index (κ3) is 1.65. The highest BCUT2D eigenvalue weighted by Crippen LogP contribution is 2.46. The van der Waals surface area contributed by atoms with Gasteiger partial charge in [-0.05, 0) is 13.0 Å². The van der Waals surface area contributed by atoms with Gasteiger partial charge in [-0.25, -0.2) is 13.2 Å². The molecule has 0 spiro atoms. The van der Waals surface area contributed by atoms with Crippen molar-refractivity contribution in [2.24, 2.45) is 0 Å². The Balaban J connectivity index is 2.08. The van der Waals surface area contributed by atoms with Gasteiger partial charge in [-0.15, -0.1) is 0 Å². The van der Waals surface area contributed by atoms with E-state index in [9.17, 15) is 23.1 Å². The number of nitrogens with zero attached hydrogens (tertiary/aromatic N) is 3. The Morgan fingerprint density at radius 2 is 2.33 bits per heavy atom. The first-order valence-electron chi connectivity index (χ1n) is 6.02. The zero-order valence-electron chi connectivity index (χ0n) is 10.8. The second-order valence-electron chi connectivity index (χ2n) is 5.05. The normalized spacial score (nSPS) is 34.0. The van der Waals surface area contributed by atoms with Crippen molar-refractivity contribution in [1.82, 2.24) is 15.0 Å². The summed E-state index contributed by atoms with van der Waals surface area (Å²) in [7, 11) is -3.86. The van der Waals surface area contributed by atoms with Gasteiger partial charge < -0.3 is 14.5 Å². The average molecular weight is 313 g/mol. The van der Waals surface area contributed by atoms with Gasteiger partial charge in [0.1, 0.15) is 10.1 Å². The minimum Gasteiger partial charge on any atom is -0.480 e. The van der Waals surface area contributed by atoms with E-state index in [1.54, 1.807) is 0 Å². The van der Waals surface area contributed by atoms with E-state index < -0.39 is 37.9 Å². The lowest BCUT2D eigenvalue weighted by molar-refractivity contribution is -0.157. The molecule has 1 amide bonds. The standard InChI is InChI=1S/C11H11N3O6S/c1-11(3-2-6-12-5-20-13-6)9(10(16)17)14-7(15)4-8(14)21(11,18)19/h2-3,5,8-9H,4H2,1H3,(H,16,17)/t8-,9+,11+/m1/s1. The molecule has 1 N–H and O–H groups in total. The summed E-state index contributed by atoms with van der Waals surface area (Å²) in [6.07, 6.45) is 3.36. The summed E-state index contributed by atoms with van der Waals surface area (Å²) >= 11 is 0. The van der Waals surface area contributed by atoms with Crippen molar-refractivity contribution in [2.45, 2.75) is 29.5 Å². The number of β-lactam (4-membered cyclic amide) rings is 1. The van der Waals surface area contributed by atoms with Crippen molar-refractivity contribution in [2.75, 3.05) is 0 Å². The Morgan fingerprint density at radius 3 is 2.86 bits per heavy atom. The van der Waals surface area contributed by atoms with E-state index in [0.717, 1.165) is 11.3 Å². The van der Waals surface area contributed by atoms with Gasteiger partial charge in [-0.1, -0.05) is 11.2 Å². The molecule has 0 radical (unpaired) electrons. The molecule has 1 aromatic rings. The molecule has 2 saturated heterocycles. The number of aliphatic carboxylic acids is 1. The molecule has 3 heterocycles. The number of aromatic nitrogens is 2. The lowest BCUT2D eigenvalue weighted by Crippen LogP contribution is -2.57. The van der Waals surface area contributed by atoms with Crippen LogP contribution in [0.3, 0.4) is 0 Å². The SMILES string of the molecule is C[C@]1(C=Cc2ncon2)[C@H](C(=O)O)N2C(=O)C[C@H]2S1(=O)=O. The molecule has 9 nitrogen and oxygen atoms in total. The Labute approximate surface area is 119 Å². The number of carboxylic acids is 1. The van der Waals surface area contributed by atoms with Crippen LogP contribution in [0.5, 0.6) is 0 Å². The van der Waals surface area contributed by atoms with E-state index in [-0.39, 0.29) is 12.2 Å². The van der Waals surface area contributed by atoms with Gasteiger partial charge in [-0.3, -0.25) is 4.79 Å². The minimum atomic E-state index is -3.86. The Morgan fingerprint density at radius 1 is 1.62 bits per heavy atom. The maximum atomic E-state index is 12.5. The largest absolute Gasteiger partial charge is 0.480 e. The molecule has 112 valence electrons. The number of rotatable bonds is 3. The molecule has 1 aromatic heterocycles. The van der Waals surface area contributed by atoms with E-state index in [1.807, 2.05) is 0 Å². The van der Waals surface area contributed by atoms with E-state index in [1.165, 1.54) is 19.1 Å². The van der Waals surface area contributed by atoms with Gasteiger partial charge in [0.05, 0.1) is 6.42 Å². The first-order chi connectivity index (χ1) is 9.79. The highest BCUT2D eigenvalue weighted by atomic mass is 32.2. The maximum absolute atomic E-state index is 12.5. The van der Waals surface area contributed by atoms with Crippen LogP contribution in [0.4, 0.5) is 0 Å². The summed E-state index contributed by atoms with van der Waals surface area (Å²) in [4.78, 5) is 27.7. The van der Waals surface area contributed by atoms with Gasteiger partial charge in [0.25, 0.3) is 0 Å². The van der Waals surface area contributed by atoms with Gasteiger partial charge in [-0.2, -0.15) is 4.98 Å². The fraction of sp³-hybridized carbons (Fsp3) is 0.455. The summed E-state index contributed by atoms with van der Waals surface area (Å²) in [6.45, 7) is 1.28. The van der Waals surface area contributed by atoms with Crippen LogP contribution in [-0.4, -0.2) is 56.6 Å². The Kier molecular flexibility index (Phi) is 2.70. The molecule has 0 bridgehead atoms. The Bertz CT molecular complexity index is 740. The number of carbonyl (C=O) groups is 2. The third-order valence-electron chi connectivity index (χ3n) is 3.92. The summed E-state index contributed by atoms with van der Waals surface area (Å²) in [6, 6.07) is -1.46. The van der Waals surface area contributed by atoms with Crippen LogP contribution in [0.1, 0.15) is 19.2 Å². The second kappa shape index (κ2) is 4.13. The van der Waals surface area contributed by atoms with Crippen molar-refractivity contribution in [3.63, 3.8) is 0 Å². The van der Waals surface area contributed by atoms with Crippen molar-refractivity contribution < 1.29 is 27.6 Å². The molecule has 0 saturated carbocycles. The number of fused-ring (bicyclic) bond motifs is 1. The minimum absolute atomic E-state index is 0.121. The van der Waals surface area contributed by atoms with Crippen LogP contribution in [0.25, 0.3) is 6.08 Å². The van der Waals surface area contributed by atoms with Crippen molar-refractivity contribution in [1.29, 1.82) is 0 Å². The van der Waals surface area contributed by atoms with Crippen LogP contribution in [0, 0.1) is 0 Å². The molecule has 2 aliphatic heterocycles. The molecule has 0 aromatic carbocycles. The zero-order chi connectivity index (χ0) is 15.4. The van der Waals surface area contributed by atoms with Crippen molar-refractivity contribution in [3.8, 4) is 0 Å². The highest BCUT2D eigenvalue weighted by Gasteiger charge is 2.69. The highest BCUT2D eigenvalue weighted by molar-refractivity contribution is 7.94. The lowest BCUT2D eigenvalue weighted by Gasteiger charge is -2.35. The predicted octanol–water partition coefficient (Wildman–Crippen LogP) is -0.718. The number of amides is 1. The molecule has 10 heteroatoms. The second-order valence-corrected chi connectivity index (χ2v) is 7.57. The maximum Gasteiger partial charge on any atom is 0.328 e. The molecular weight excluding hydrogens is 302 g/mol. The van der Waals surface area contributed by atoms with Gasteiger partial charge in [0, 0.05) is 0 Å². The van der Waals surface area contributed by atoms with Crippen LogP contribution in [0.15, 0.2) is 17.0 Å². The number of sulfone groups is 1. The van der Waals surface area contributed by atoms with Gasteiger partial charge in [0.2, 0.25) is 12.3 Å². The summed E-state index contributed by atoms with van der Waals surface area (Å²) in [5.74, 6) is -1.72. The molecule has 3 atom stereocenters. The van der Waals surface area contributed by atoms with Crippen LogP contribution in [-0.2, 0) is 19.4 Å². The first kappa shape index (κ1) is 13.7. The number of hydrogen-bond donors (Lipinski definition) is 1. The molecule has 21 heavy (non-hydrogen) atoms. The molecule has 0 unspecified atom stereocenters. The number of carboxylic acid groups (broad SMARTS) is 1. The van der Waals surface area contributed by atoms with Crippen molar-refractivity contribution in [3.05, 3.63) is 18.3 Å². The van der Waals surface area contributed by atoms with Crippen LogP contribution >= 0.6 is 0 Å². The van der Waals surface area contributed by atoms with E-state index in [4.69, 9.17) is 0 Å². The Hall–Kier alpha value is -2.23. The topological polar surface area (TPSA) is 131 Å². The fourth-order valence-corrected chi connectivity index (χ4v) is 5.01. The summed E-state index contributed by atoms with van der Waals surface area (Å²) < 4.78 is 27.8. The number of carbonyl (C=O) groups excluding carboxylic acids is 1. The monoisotopic (exact) mass is 313 g/mol. The smallest absolute Gasteiger partial charge is 0.328 e. The predicted molar refractivity (Wildman–Crippen MR) is 67.3 cm³/mol. The quantitative estimate of drug-likeness (QED) is 0.723. The average Bonchev–Trinajstić information content (AvgIpc) is 2.95. The molecule has 2 fully saturated rings. The van der Waals surface area contributed by atoms with Crippen molar-refractivity contribution >= 4 is 27.8 Å². The van der Waals surface area contributed by atoms with E-state index in [0.29, 0.717) is 0 Å². The fourth-order valence-electron chi connectivity index (χ4n) is 2.74. The first-order valence-corrected chi connectivity index (χ1v) is 7.56. The molecule has 0 aliphatic carbocycles. The zero-order valence-corrected chi connectivity index (χ0v) is 11.6. The van der Waals surface area contributed by atoms with E-state index in [2.05, 4.69) is 14.7 Å². The van der Waals surface area contributed by atoms with E-state index >= 15 is 0 Å². The lowest BCUT2D eigenvalue weighted by atomic mass is 9.96. The third-order valence-corrected chi connectivity index (χ3v) is 6.61. The molecule has 2 aliphatic rings. The summed E-state index contributed by atoms with van der Waals surface area (Å²) in [5.41, 5.74) is 0. The van der Waals surface area contributed by atoms with Gasteiger partial charge in [0.15, 0.2) is 21.7 Å². The molecule has 3 rings (SSSR count). The van der Waals surface area contributed by atoms with Crippen LogP contribution in [0.2, 0.25) is 0 Å². The van der Waals surface area contributed by atoms with Gasteiger partial charge >= 0.3 is 5.97 Å². The summed E-state index contributed by atoms with van der Waals surface area (Å²) in [5, 5.41) is 11.8.